The van der Waals surface area contributed by atoms with Gasteiger partial charge in [-0.1, -0.05) is 30.1 Å². The van der Waals surface area contributed by atoms with Crippen LogP contribution in [0.1, 0.15) is 23.9 Å². The third kappa shape index (κ3) is 3.01. The van der Waals surface area contributed by atoms with Crippen molar-refractivity contribution >= 4 is 34.7 Å². The predicted octanol–water partition coefficient (Wildman–Crippen LogP) is 4.27. The highest BCUT2D eigenvalue weighted by molar-refractivity contribution is 6.33. The quantitative estimate of drug-likeness (QED) is 0.860. The Morgan fingerprint density at radius 1 is 1.30 bits per heavy atom. The molecule has 6 heteroatoms. The number of rotatable bonds is 3. The molecule has 102 valence electrons. The summed E-state index contributed by atoms with van der Waals surface area (Å²) in [4.78, 5) is 8.58. The first kappa shape index (κ1) is 14.6. The number of halogens is 2. The van der Waals surface area contributed by atoms with Gasteiger partial charge in [0.05, 0.1) is 22.3 Å². The number of hydrogen-bond acceptors (Lipinski definition) is 4. The van der Waals surface area contributed by atoms with E-state index < -0.39 is 0 Å². The summed E-state index contributed by atoms with van der Waals surface area (Å²) in [6, 6.07) is 7.06. The van der Waals surface area contributed by atoms with E-state index in [2.05, 4.69) is 15.3 Å². The van der Waals surface area contributed by atoms with Crippen LogP contribution in [0.3, 0.4) is 0 Å². The molecule has 0 aliphatic heterocycles. The van der Waals surface area contributed by atoms with Crippen LogP contribution in [-0.2, 0) is 6.42 Å². The van der Waals surface area contributed by atoms with Gasteiger partial charge in [-0.2, -0.15) is 5.26 Å². The van der Waals surface area contributed by atoms with Crippen LogP contribution in [0, 0.1) is 18.3 Å². The number of anilines is 2. The molecule has 0 radical (unpaired) electrons. The number of nitrogens with zero attached hydrogens (tertiary/aromatic N) is 3. The van der Waals surface area contributed by atoms with Gasteiger partial charge in [0.15, 0.2) is 0 Å². The molecule has 0 aliphatic rings. The zero-order chi connectivity index (χ0) is 14.7. The van der Waals surface area contributed by atoms with Crippen LogP contribution in [-0.4, -0.2) is 9.97 Å². The molecule has 0 saturated heterocycles. The average Bonchev–Trinajstić information content (AvgIpc) is 2.45. The molecular weight excluding hydrogens is 295 g/mol. The van der Waals surface area contributed by atoms with Crippen molar-refractivity contribution in [2.45, 2.75) is 20.3 Å². The van der Waals surface area contributed by atoms with Gasteiger partial charge in [-0.05, 0) is 25.1 Å². The SMILES string of the molecule is CCc1nc(Cl)c(C)c(Nc2ccc(C#N)cc2Cl)n1. The third-order valence-corrected chi connectivity index (χ3v) is 3.48. The van der Waals surface area contributed by atoms with E-state index in [-0.39, 0.29) is 0 Å². The number of nitriles is 1. The maximum absolute atomic E-state index is 8.82. The summed E-state index contributed by atoms with van der Waals surface area (Å²) in [5, 5.41) is 12.8. The Balaban J connectivity index is 2.40. The normalized spacial score (nSPS) is 10.2. The van der Waals surface area contributed by atoms with Crippen molar-refractivity contribution in [1.29, 1.82) is 5.26 Å². The maximum Gasteiger partial charge on any atom is 0.138 e. The van der Waals surface area contributed by atoms with E-state index in [0.717, 1.165) is 5.56 Å². The first-order valence-electron chi connectivity index (χ1n) is 6.04. The summed E-state index contributed by atoms with van der Waals surface area (Å²) in [5.74, 6) is 1.28. The monoisotopic (exact) mass is 306 g/mol. The van der Waals surface area contributed by atoms with Gasteiger partial charge in [0.25, 0.3) is 0 Å². The Hall–Kier alpha value is -1.83. The summed E-state index contributed by atoms with van der Waals surface area (Å²) in [6.07, 6.45) is 0.690. The Bertz CT molecular complexity index is 692. The Morgan fingerprint density at radius 2 is 2.05 bits per heavy atom. The number of aromatic nitrogens is 2. The highest BCUT2D eigenvalue weighted by Gasteiger charge is 2.10. The van der Waals surface area contributed by atoms with E-state index in [1.807, 2.05) is 19.9 Å². The molecule has 1 heterocycles. The maximum atomic E-state index is 8.82. The fourth-order valence-corrected chi connectivity index (χ4v) is 2.04. The number of nitrogens with one attached hydrogen (secondary N) is 1. The molecule has 0 unspecified atom stereocenters. The van der Waals surface area contributed by atoms with Crippen molar-refractivity contribution in [1.82, 2.24) is 9.97 Å². The minimum absolute atomic E-state index is 0.420. The molecule has 0 spiro atoms. The van der Waals surface area contributed by atoms with Crippen LogP contribution in [0.4, 0.5) is 11.5 Å². The smallest absolute Gasteiger partial charge is 0.138 e. The first-order valence-corrected chi connectivity index (χ1v) is 6.80. The molecule has 2 rings (SSSR count). The van der Waals surface area contributed by atoms with Crippen LogP contribution >= 0.6 is 23.2 Å². The first-order chi connectivity index (χ1) is 9.55. The van der Waals surface area contributed by atoms with Gasteiger partial charge in [-0.3, -0.25) is 0 Å². The van der Waals surface area contributed by atoms with Gasteiger partial charge in [-0.15, -0.1) is 0 Å². The molecule has 1 N–H and O–H groups in total. The Morgan fingerprint density at radius 3 is 2.65 bits per heavy atom. The van der Waals surface area contributed by atoms with Gasteiger partial charge in [0.1, 0.15) is 16.8 Å². The second kappa shape index (κ2) is 6.08. The van der Waals surface area contributed by atoms with Crippen molar-refractivity contribution < 1.29 is 0 Å². The molecule has 1 aromatic carbocycles. The summed E-state index contributed by atoms with van der Waals surface area (Å²) in [7, 11) is 0. The largest absolute Gasteiger partial charge is 0.339 e. The molecule has 0 saturated carbocycles. The lowest BCUT2D eigenvalue weighted by Crippen LogP contribution is -2.03. The van der Waals surface area contributed by atoms with E-state index >= 15 is 0 Å². The summed E-state index contributed by atoms with van der Waals surface area (Å²) in [6.45, 7) is 3.79. The number of aryl methyl sites for hydroxylation is 1. The molecule has 20 heavy (non-hydrogen) atoms. The molecule has 2 aromatic rings. The summed E-state index contributed by atoms with van der Waals surface area (Å²) >= 11 is 12.2. The lowest BCUT2D eigenvalue weighted by atomic mass is 10.2. The van der Waals surface area contributed by atoms with Gasteiger partial charge in [0, 0.05) is 12.0 Å². The molecule has 0 fully saturated rings. The molecule has 4 nitrogen and oxygen atoms in total. The van der Waals surface area contributed by atoms with Crippen molar-refractivity contribution in [3.63, 3.8) is 0 Å². The van der Waals surface area contributed by atoms with Gasteiger partial charge in [0.2, 0.25) is 0 Å². The van der Waals surface area contributed by atoms with E-state index in [1.165, 1.54) is 0 Å². The van der Waals surface area contributed by atoms with Crippen molar-refractivity contribution in [3.05, 3.63) is 45.3 Å². The van der Waals surface area contributed by atoms with E-state index in [0.29, 0.717) is 39.5 Å². The van der Waals surface area contributed by atoms with Gasteiger partial charge < -0.3 is 5.32 Å². The molecule has 0 atom stereocenters. The average molecular weight is 307 g/mol. The minimum atomic E-state index is 0.420. The highest BCUT2D eigenvalue weighted by Crippen LogP contribution is 2.28. The van der Waals surface area contributed by atoms with Gasteiger partial charge >= 0.3 is 0 Å². The zero-order valence-electron chi connectivity index (χ0n) is 11.0. The highest BCUT2D eigenvalue weighted by atomic mass is 35.5. The molecule has 1 aromatic heterocycles. The van der Waals surface area contributed by atoms with Crippen LogP contribution in [0.25, 0.3) is 0 Å². The lowest BCUT2D eigenvalue weighted by molar-refractivity contribution is 0.934. The van der Waals surface area contributed by atoms with Crippen LogP contribution < -0.4 is 5.32 Å². The Kier molecular flexibility index (Phi) is 4.43. The van der Waals surface area contributed by atoms with Crippen LogP contribution in [0.5, 0.6) is 0 Å². The molecule has 0 aliphatic carbocycles. The van der Waals surface area contributed by atoms with Crippen molar-refractivity contribution in [3.8, 4) is 6.07 Å². The van der Waals surface area contributed by atoms with Crippen molar-refractivity contribution in [2.75, 3.05) is 5.32 Å². The van der Waals surface area contributed by atoms with Crippen LogP contribution in [0.15, 0.2) is 18.2 Å². The second-order valence-electron chi connectivity index (χ2n) is 4.19. The topological polar surface area (TPSA) is 61.6 Å². The van der Waals surface area contributed by atoms with Crippen molar-refractivity contribution in [2.24, 2.45) is 0 Å². The van der Waals surface area contributed by atoms with E-state index in [4.69, 9.17) is 28.5 Å². The molecule has 0 bridgehead atoms. The number of hydrogen-bond donors (Lipinski definition) is 1. The van der Waals surface area contributed by atoms with E-state index in [1.54, 1.807) is 18.2 Å². The summed E-state index contributed by atoms with van der Waals surface area (Å²) < 4.78 is 0. The minimum Gasteiger partial charge on any atom is -0.339 e. The van der Waals surface area contributed by atoms with Crippen LogP contribution in [0.2, 0.25) is 10.2 Å². The number of benzene rings is 1. The molecule has 0 amide bonds. The fourth-order valence-electron chi connectivity index (χ4n) is 1.63. The molecular formula is C14H12Cl2N4. The predicted molar refractivity (Wildman–Crippen MR) is 80.6 cm³/mol. The fraction of sp³-hybridized carbons (Fsp3) is 0.214. The zero-order valence-corrected chi connectivity index (χ0v) is 12.5. The lowest BCUT2D eigenvalue weighted by Gasteiger charge is -2.12. The van der Waals surface area contributed by atoms with Gasteiger partial charge in [-0.25, -0.2) is 9.97 Å². The Labute approximate surface area is 127 Å². The van der Waals surface area contributed by atoms with E-state index in [9.17, 15) is 0 Å². The summed E-state index contributed by atoms with van der Waals surface area (Å²) in [5.41, 5.74) is 1.93. The standard InChI is InChI=1S/C14H12Cl2N4/c1-3-12-19-13(16)8(2)14(20-12)18-11-5-4-9(7-17)6-10(11)15/h4-6H,3H2,1-2H3,(H,18,19,20). The second-order valence-corrected chi connectivity index (χ2v) is 4.95. The third-order valence-electron chi connectivity index (χ3n) is 2.80.